The van der Waals surface area contributed by atoms with E-state index in [1.807, 2.05) is 18.2 Å². The van der Waals surface area contributed by atoms with Crippen molar-refractivity contribution in [1.82, 2.24) is 0 Å². The smallest absolute Gasteiger partial charge is 0.303 e. The number of hydrogen-bond acceptors (Lipinski definition) is 4. The molecule has 4 nitrogen and oxygen atoms in total. The Balaban J connectivity index is 1.78. The lowest BCUT2D eigenvalue weighted by molar-refractivity contribution is -0.178. The summed E-state index contributed by atoms with van der Waals surface area (Å²) in [5.41, 5.74) is 9.70. The summed E-state index contributed by atoms with van der Waals surface area (Å²) in [5.74, 6) is 0.689. The summed E-state index contributed by atoms with van der Waals surface area (Å²) in [7, 11) is 0. The van der Waals surface area contributed by atoms with E-state index in [0.29, 0.717) is 6.61 Å². The summed E-state index contributed by atoms with van der Waals surface area (Å²) >= 11 is 0. The number of rotatable bonds is 8. The van der Waals surface area contributed by atoms with E-state index in [1.165, 1.54) is 11.1 Å². The Kier molecular flexibility index (Phi) is 6.86. The highest BCUT2D eigenvalue weighted by atomic mass is 16.6. The number of carbonyl (C=O) groups is 1. The maximum atomic E-state index is 12.4. The van der Waals surface area contributed by atoms with Crippen LogP contribution in [0.3, 0.4) is 0 Å². The molecule has 33 heavy (non-hydrogen) atoms. The van der Waals surface area contributed by atoms with Gasteiger partial charge in [0.25, 0.3) is 0 Å². The fourth-order valence-electron chi connectivity index (χ4n) is 6.36. The van der Waals surface area contributed by atoms with Crippen molar-refractivity contribution >= 4 is 5.97 Å². The second kappa shape index (κ2) is 9.50. The van der Waals surface area contributed by atoms with Gasteiger partial charge in [0.2, 0.25) is 0 Å². The molecule has 2 unspecified atom stereocenters. The van der Waals surface area contributed by atoms with Crippen LogP contribution in [0.25, 0.3) is 0 Å². The Morgan fingerprint density at radius 3 is 2.45 bits per heavy atom. The van der Waals surface area contributed by atoms with E-state index in [0.717, 1.165) is 69.1 Å². The fourth-order valence-corrected chi connectivity index (χ4v) is 6.36. The number of fused-ring (bicyclic) bond motifs is 3. The molecule has 4 rings (SSSR count). The number of aryl methyl sites for hydroxylation is 1. The largest absolute Gasteiger partial charge is 0.489 e. The molecule has 2 aliphatic rings. The topological polar surface area (TPSA) is 61.5 Å². The summed E-state index contributed by atoms with van der Waals surface area (Å²) in [5, 5.41) is 0. The van der Waals surface area contributed by atoms with Crippen molar-refractivity contribution in [3.05, 3.63) is 65.2 Å². The number of esters is 1. The van der Waals surface area contributed by atoms with Crippen LogP contribution in [0, 0.1) is 0 Å². The fraction of sp³-hybridized carbons (Fsp3) is 0.552. The molecule has 0 spiro atoms. The van der Waals surface area contributed by atoms with Gasteiger partial charge in [-0.05, 0) is 80.2 Å². The monoisotopic (exact) mass is 449 g/mol. The lowest BCUT2D eigenvalue weighted by atomic mass is 9.50. The van der Waals surface area contributed by atoms with Crippen LogP contribution in [0.5, 0.6) is 5.75 Å². The quantitative estimate of drug-likeness (QED) is 0.485. The van der Waals surface area contributed by atoms with E-state index in [2.05, 4.69) is 44.2 Å². The minimum absolute atomic E-state index is 0.183. The van der Waals surface area contributed by atoms with E-state index in [9.17, 15) is 4.79 Å². The van der Waals surface area contributed by atoms with Crippen LogP contribution in [-0.2, 0) is 28.0 Å². The number of ether oxygens (including phenoxy) is 2. The van der Waals surface area contributed by atoms with Crippen molar-refractivity contribution in [2.75, 3.05) is 0 Å². The molecule has 2 aliphatic carbocycles. The molecule has 0 heterocycles. The minimum Gasteiger partial charge on any atom is -0.489 e. The molecule has 0 aliphatic heterocycles. The summed E-state index contributed by atoms with van der Waals surface area (Å²) in [4.78, 5) is 12.4. The molecule has 2 aromatic rings. The van der Waals surface area contributed by atoms with Crippen LogP contribution < -0.4 is 10.5 Å². The molecule has 0 aromatic heterocycles. The zero-order chi connectivity index (χ0) is 23.5. The van der Waals surface area contributed by atoms with E-state index in [4.69, 9.17) is 15.2 Å². The van der Waals surface area contributed by atoms with Crippen LogP contribution in [0.15, 0.2) is 48.5 Å². The molecule has 0 bridgehead atoms. The van der Waals surface area contributed by atoms with Gasteiger partial charge in [0.1, 0.15) is 18.0 Å². The average molecular weight is 450 g/mol. The third kappa shape index (κ3) is 4.55. The maximum Gasteiger partial charge on any atom is 0.303 e. The third-order valence-electron chi connectivity index (χ3n) is 8.35. The standard InChI is InChI=1S/C29H39NO3/c1-4-27(30,5-2)21-28-16-9-10-17-29(28,33-22(3)31)18-15-24-13-14-25(19-26(24)28)32-20-23-11-7-6-8-12-23/h6-8,11-14,19H,4-5,9-10,15-18,20-21,30H2,1-3H3. The average Bonchev–Trinajstić information content (AvgIpc) is 2.83. The molecule has 1 saturated carbocycles. The number of nitrogens with two attached hydrogens (primary N) is 1. The zero-order valence-corrected chi connectivity index (χ0v) is 20.5. The highest BCUT2D eigenvalue weighted by Gasteiger charge is 2.60. The van der Waals surface area contributed by atoms with Gasteiger partial charge in [0, 0.05) is 17.9 Å². The highest BCUT2D eigenvalue weighted by Crippen LogP contribution is 2.58. The Labute approximate surface area is 198 Å². The summed E-state index contributed by atoms with van der Waals surface area (Å²) < 4.78 is 12.6. The van der Waals surface area contributed by atoms with Crippen LogP contribution in [0.1, 0.15) is 88.8 Å². The Morgan fingerprint density at radius 2 is 1.76 bits per heavy atom. The highest BCUT2D eigenvalue weighted by molar-refractivity contribution is 5.67. The van der Waals surface area contributed by atoms with Crippen molar-refractivity contribution in [3.63, 3.8) is 0 Å². The van der Waals surface area contributed by atoms with Crippen molar-refractivity contribution in [1.29, 1.82) is 0 Å². The first-order chi connectivity index (χ1) is 15.9. The lowest BCUT2D eigenvalue weighted by Crippen LogP contribution is -2.62. The predicted octanol–water partition coefficient (Wildman–Crippen LogP) is 6.23. The summed E-state index contributed by atoms with van der Waals surface area (Å²) in [6, 6.07) is 16.8. The van der Waals surface area contributed by atoms with Gasteiger partial charge in [0.15, 0.2) is 0 Å². The van der Waals surface area contributed by atoms with Crippen molar-refractivity contribution in [2.24, 2.45) is 5.73 Å². The second-order valence-corrected chi connectivity index (χ2v) is 10.2. The number of benzene rings is 2. The van der Waals surface area contributed by atoms with Crippen molar-refractivity contribution < 1.29 is 14.3 Å². The predicted molar refractivity (Wildman–Crippen MR) is 132 cm³/mol. The molecule has 2 atom stereocenters. The molecular weight excluding hydrogens is 410 g/mol. The van der Waals surface area contributed by atoms with E-state index < -0.39 is 5.60 Å². The first-order valence-corrected chi connectivity index (χ1v) is 12.6. The van der Waals surface area contributed by atoms with Gasteiger partial charge in [-0.1, -0.05) is 56.7 Å². The number of hydrogen-bond donors (Lipinski definition) is 1. The third-order valence-corrected chi connectivity index (χ3v) is 8.35. The van der Waals surface area contributed by atoms with Gasteiger partial charge in [-0.15, -0.1) is 0 Å². The van der Waals surface area contributed by atoms with Crippen LogP contribution in [0.4, 0.5) is 0 Å². The molecule has 0 saturated heterocycles. The Bertz CT molecular complexity index is 968. The molecule has 0 radical (unpaired) electrons. The van der Waals surface area contributed by atoms with Gasteiger partial charge in [-0.2, -0.15) is 0 Å². The molecule has 0 amide bonds. The van der Waals surface area contributed by atoms with Gasteiger partial charge in [0.05, 0.1) is 0 Å². The molecule has 2 N–H and O–H groups in total. The molecule has 2 aromatic carbocycles. The van der Waals surface area contributed by atoms with Gasteiger partial charge in [-0.25, -0.2) is 0 Å². The molecule has 1 fully saturated rings. The SMILES string of the molecule is CCC(N)(CC)CC12CCCCC1(OC(C)=O)CCc1ccc(OCc3ccccc3)cc12. The Morgan fingerprint density at radius 1 is 1.03 bits per heavy atom. The molecule has 178 valence electrons. The van der Waals surface area contributed by atoms with Crippen molar-refractivity contribution in [3.8, 4) is 5.75 Å². The second-order valence-electron chi connectivity index (χ2n) is 10.2. The zero-order valence-electron chi connectivity index (χ0n) is 20.5. The van der Waals surface area contributed by atoms with E-state index in [1.54, 1.807) is 6.92 Å². The van der Waals surface area contributed by atoms with Gasteiger partial charge >= 0.3 is 5.97 Å². The minimum atomic E-state index is -0.489. The Hall–Kier alpha value is -2.33. The van der Waals surface area contributed by atoms with Crippen LogP contribution in [0.2, 0.25) is 0 Å². The maximum absolute atomic E-state index is 12.4. The summed E-state index contributed by atoms with van der Waals surface area (Å²) in [6.07, 6.45) is 8.54. The van der Waals surface area contributed by atoms with Crippen molar-refractivity contribution in [2.45, 2.75) is 102 Å². The first kappa shape index (κ1) is 23.8. The number of carbonyl (C=O) groups excluding carboxylic acids is 1. The first-order valence-electron chi connectivity index (χ1n) is 12.6. The van der Waals surface area contributed by atoms with E-state index in [-0.39, 0.29) is 16.9 Å². The lowest BCUT2D eigenvalue weighted by Gasteiger charge is -2.58. The molecular formula is C29H39NO3. The van der Waals surface area contributed by atoms with Gasteiger partial charge < -0.3 is 15.2 Å². The van der Waals surface area contributed by atoms with Gasteiger partial charge in [-0.3, -0.25) is 4.79 Å². The van der Waals surface area contributed by atoms with E-state index >= 15 is 0 Å². The summed E-state index contributed by atoms with van der Waals surface area (Å²) in [6.45, 7) is 6.45. The normalized spacial score (nSPS) is 24.5. The van der Waals surface area contributed by atoms with Crippen LogP contribution >= 0.6 is 0 Å². The van der Waals surface area contributed by atoms with Crippen LogP contribution in [-0.4, -0.2) is 17.1 Å². The molecule has 4 heteroatoms.